The van der Waals surface area contributed by atoms with Gasteiger partial charge in [0.25, 0.3) is 0 Å². The van der Waals surface area contributed by atoms with E-state index in [2.05, 4.69) is 29.2 Å². The molecule has 2 N–H and O–H groups in total. The Morgan fingerprint density at radius 3 is 2.23 bits per heavy atom. The van der Waals surface area contributed by atoms with Crippen molar-refractivity contribution >= 4 is 6.09 Å². The van der Waals surface area contributed by atoms with Gasteiger partial charge in [-0.15, -0.1) is 0 Å². The van der Waals surface area contributed by atoms with Gasteiger partial charge < -0.3 is 15.1 Å². The van der Waals surface area contributed by atoms with Crippen molar-refractivity contribution in [2.24, 2.45) is 0 Å². The maximum atomic E-state index is 11.3. The monoisotopic (exact) mass is 306 g/mol. The number of hydrogen-bond donors (Lipinski definition) is 2. The molecule has 1 aromatic carbocycles. The van der Waals surface area contributed by atoms with Gasteiger partial charge in [0.1, 0.15) is 0 Å². The second-order valence-corrected chi connectivity index (χ2v) is 7.02. The highest BCUT2D eigenvalue weighted by Crippen LogP contribution is 2.16. The zero-order chi connectivity index (χ0) is 16.3. The smallest absolute Gasteiger partial charge is 0.407 e. The quantitative estimate of drug-likeness (QED) is 0.875. The molecule has 5 heteroatoms. The van der Waals surface area contributed by atoms with E-state index in [0.717, 1.165) is 25.2 Å². The van der Waals surface area contributed by atoms with Crippen LogP contribution in [0.5, 0.6) is 0 Å². The lowest BCUT2D eigenvalue weighted by atomic mass is 10.0. The molecule has 5 nitrogen and oxygen atoms in total. The average Bonchev–Trinajstić information content (AvgIpc) is 2.37. The van der Waals surface area contributed by atoms with E-state index in [0.29, 0.717) is 13.0 Å². The Kier molecular flexibility index (Phi) is 5.08. The minimum Gasteiger partial charge on any atom is -0.465 e. The first-order chi connectivity index (χ1) is 10.3. The van der Waals surface area contributed by atoms with Crippen molar-refractivity contribution in [1.29, 1.82) is 0 Å². The van der Waals surface area contributed by atoms with Crippen LogP contribution in [-0.2, 0) is 13.0 Å². The fourth-order valence-corrected chi connectivity index (χ4v) is 2.70. The highest BCUT2D eigenvalue weighted by Gasteiger charge is 2.26. The molecule has 0 spiro atoms. The van der Waals surface area contributed by atoms with E-state index in [1.165, 1.54) is 10.5 Å². The van der Waals surface area contributed by atoms with Crippen LogP contribution in [0, 0.1) is 0 Å². The number of β-amino-alcohol motifs (C(OH)–C–C–N with tert-alkyl or cyclic N) is 1. The number of nitrogens with zero attached hydrogens (tertiary/aromatic N) is 2. The van der Waals surface area contributed by atoms with Gasteiger partial charge in [-0.3, -0.25) is 4.90 Å². The van der Waals surface area contributed by atoms with Crippen LogP contribution >= 0.6 is 0 Å². The summed E-state index contributed by atoms with van der Waals surface area (Å²) in [5.41, 5.74) is 1.98. The van der Waals surface area contributed by atoms with Crippen molar-refractivity contribution in [3.8, 4) is 0 Å². The molecule has 0 bridgehead atoms. The second kappa shape index (κ2) is 6.67. The number of carbonyl (C=O) groups is 1. The lowest BCUT2D eigenvalue weighted by molar-refractivity contribution is -0.00287. The highest BCUT2D eigenvalue weighted by atomic mass is 16.4. The molecule has 1 aromatic rings. The van der Waals surface area contributed by atoms with Crippen molar-refractivity contribution in [3.05, 3.63) is 35.4 Å². The molecule has 0 radical (unpaired) electrons. The highest BCUT2D eigenvalue weighted by molar-refractivity contribution is 5.66. The summed E-state index contributed by atoms with van der Waals surface area (Å²) in [6.07, 6.45) is -0.328. The summed E-state index contributed by atoms with van der Waals surface area (Å²) < 4.78 is 0. The molecule has 1 saturated heterocycles. The summed E-state index contributed by atoms with van der Waals surface area (Å²) in [5.74, 6) is 0. The predicted molar refractivity (Wildman–Crippen MR) is 85.9 cm³/mol. The molecule has 1 aliphatic rings. The van der Waals surface area contributed by atoms with E-state index in [4.69, 9.17) is 0 Å². The van der Waals surface area contributed by atoms with Crippen LogP contribution in [0.3, 0.4) is 0 Å². The van der Waals surface area contributed by atoms with Crippen molar-refractivity contribution in [1.82, 2.24) is 9.80 Å². The van der Waals surface area contributed by atoms with Gasteiger partial charge >= 0.3 is 6.09 Å². The van der Waals surface area contributed by atoms with Crippen LogP contribution in [0.2, 0.25) is 0 Å². The van der Waals surface area contributed by atoms with Crippen molar-refractivity contribution in [3.63, 3.8) is 0 Å². The summed E-state index contributed by atoms with van der Waals surface area (Å²) in [6, 6.07) is 8.30. The van der Waals surface area contributed by atoms with Crippen molar-refractivity contribution < 1.29 is 15.0 Å². The summed E-state index contributed by atoms with van der Waals surface area (Å²) in [7, 11) is 0. The van der Waals surface area contributed by atoms with Gasteiger partial charge in [0.05, 0.1) is 6.10 Å². The Labute approximate surface area is 132 Å². The third kappa shape index (κ3) is 4.45. The summed E-state index contributed by atoms with van der Waals surface area (Å²) in [6.45, 7) is 8.59. The van der Waals surface area contributed by atoms with Gasteiger partial charge in [-0.1, -0.05) is 24.3 Å². The standard InChI is InChI=1S/C17H26N2O3/c1-17(2,3)19(16(21)22)9-8-13-4-6-14(7-5-13)10-18-11-15(20)12-18/h4-7,15,20H,8-12H2,1-3H3,(H,21,22). The van der Waals surface area contributed by atoms with E-state index < -0.39 is 6.09 Å². The first-order valence-corrected chi connectivity index (χ1v) is 7.74. The number of hydrogen-bond acceptors (Lipinski definition) is 3. The second-order valence-electron chi connectivity index (χ2n) is 7.02. The van der Waals surface area contributed by atoms with Crippen LogP contribution < -0.4 is 0 Å². The van der Waals surface area contributed by atoms with Gasteiger partial charge in [-0.2, -0.15) is 0 Å². The predicted octanol–water partition coefficient (Wildman–Crippen LogP) is 2.18. The third-order valence-corrected chi connectivity index (χ3v) is 4.03. The molecule has 2 rings (SSSR count). The topological polar surface area (TPSA) is 64.0 Å². The number of benzene rings is 1. The number of amides is 1. The molecule has 1 amide bonds. The zero-order valence-electron chi connectivity index (χ0n) is 13.6. The van der Waals surface area contributed by atoms with Crippen LogP contribution in [-0.4, -0.2) is 57.4 Å². The van der Waals surface area contributed by atoms with Gasteiger partial charge in [0, 0.05) is 31.7 Å². The fourth-order valence-electron chi connectivity index (χ4n) is 2.70. The Balaban J connectivity index is 1.86. The van der Waals surface area contributed by atoms with Gasteiger partial charge in [-0.25, -0.2) is 4.79 Å². The lowest BCUT2D eigenvalue weighted by Gasteiger charge is -2.35. The van der Waals surface area contributed by atoms with E-state index in [-0.39, 0.29) is 11.6 Å². The van der Waals surface area contributed by atoms with Crippen molar-refractivity contribution in [2.45, 2.75) is 45.4 Å². The number of carboxylic acid groups (broad SMARTS) is 1. The Morgan fingerprint density at radius 1 is 1.23 bits per heavy atom. The molecule has 1 aliphatic heterocycles. The number of aliphatic hydroxyl groups is 1. The first kappa shape index (κ1) is 16.8. The fraction of sp³-hybridized carbons (Fsp3) is 0.588. The summed E-state index contributed by atoms with van der Waals surface area (Å²) in [4.78, 5) is 15.0. The summed E-state index contributed by atoms with van der Waals surface area (Å²) >= 11 is 0. The molecule has 0 atom stereocenters. The molecular weight excluding hydrogens is 280 g/mol. The first-order valence-electron chi connectivity index (χ1n) is 7.74. The third-order valence-electron chi connectivity index (χ3n) is 4.03. The number of aliphatic hydroxyl groups excluding tert-OH is 1. The Hall–Kier alpha value is -1.59. The molecule has 0 aliphatic carbocycles. The molecule has 1 heterocycles. The van der Waals surface area contributed by atoms with Crippen molar-refractivity contribution in [2.75, 3.05) is 19.6 Å². The molecule has 1 fully saturated rings. The molecule has 0 saturated carbocycles. The normalized spacial score (nSPS) is 16.4. The number of likely N-dealkylation sites (tertiary alicyclic amines) is 1. The van der Waals surface area contributed by atoms with Gasteiger partial charge in [-0.05, 0) is 38.3 Å². The van der Waals surface area contributed by atoms with E-state index in [1.54, 1.807) is 0 Å². The van der Waals surface area contributed by atoms with E-state index in [1.807, 2.05) is 20.8 Å². The Bertz CT molecular complexity index is 502. The maximum absolute atomic E-state index is 11.3. The van der Waals surface area contributed by atoms with Crippen LogP contribution in [0.1, 0.15) is 31.9 Å². The number of rotatable bonds is 5. The zero-order valence-corrected chi connectivity index (χ0v) is 13.6. The minimum absolute atomic E-state index is 0.168. The van der Waals surface area contributed by atoms with Crippen LogP contribution in [0.25, 0.3) is 0 Å². The molecule has 0 aromatic heterocycles. The molecule has 122 valence electrons. The van der Waals surface area contributed by atoms with Crippen LogP contribution in [0.15, 0.2) is 24.3 Å². The molecule has 0 unspecified atom stereocenters. The van der Waals surface area contributed by atoms with Gasteiger partial charge in [0.2, 0.25) is 0 Å². The van der Waals surface area contributed by atoms with Crippen LogP contribution in [0.4, 0.5) is 4.79 Å². The lowest BCUT2D eigenvalue weighted by Crippen LogP contribution is -2.49. The largest absolute Gasteiger partial charge is 0.465 e. The van der Waals surface area contributed by atoms with E-state index >= 15 is 0 Å². The van der Waals surface area contributed by atoms with E-state index in [9.17, 15) is 15.0 Å². The minimum atomic E-state index is -0.875. The summed E-state index contributed by atoms with van der Waals surface area (Å²) in [5, 5.41) is 18.6. The Morgan fingerprint density at radius 2 is 1.77 bits per heavy atom. The maximum Gasteiger partial charge on any atom is 0.407 e. The molecule has 22 heavy (non-hydrogen) atoms. The van der Waals surface area contributed by atoms with Gasteiger partial charge in [0.15, 0.2) is 0 Å². The molecular formula is C17H26N2O3. The average molecular weight is 306 g/mol. The SMILES string of the molecule is CC(C)(C)N(CCc1ccc(CN2CC(O)C2)cc1)C(=O)O.